The van der Waals surface area contributed by atoms with E-state index < -0.39 is 0 Å². The lowest BCUT2D eigenvalue weighted by Crippen LogP contribution is -1.82. The van der Waals surface area contributed by atoms with Crippen LogP contribution in [0, 0.1) is 0 Å². The van der Waals surface area contributed by atoms with Crippen LogP contribution in [0.15, 0.2) is 24.3 Å². The Balaban J connectivity index is 1.65. The second-order valence-corrected chi connectivity index (χ2v) is 5.76. The molecule has 0 aromatic rings. The fourth-order valence-electron chi connectivity index (χ4n) is 2.43. The molecule has 0 amide bonds. The van der Waals surface area contributed by atoms with E-state index in [1.165, 1.54) is 89.9 Å². The van der Waals surface area contributed by atoms with Gasteiger partial charge in [0.2, 0.25) is 0 Å². The molecule has 0 aromatic carbocycles. The van der Waals surface area contributed by atoms with Crippen molar-refractivity contribution in [3.05, 3.63) is 24.3 Å². The summed E-state index contributed by atoms with van der Waals surface area (Å²) in [5.74, 6) is 0. The van der Waals surface area contributed by atoms with Crippen LogP contribution in [-0.4, -0.2) is 0 Å². The normalized spacial score (nSPS) is 13.7. The van der Waals surface area contributed by atoms with Crippen LogP contribution in [0.1, 0.15) is 89.9 Å². The highest BCUT2D eigenvalue weighted by Gasteiger charge is 2.08. The van der Waals surface area contributed by atoms with E-state index in [9.17, 15) is 0 Å². The third kappa shape index (κ3) is 10.6. The molecule has 1 aliphatic rings. The Morgan fingerprint density at radius 2 is 1.11 bits per heavy atom. The number of hydrogen-bond acceptors (Lipinski definition) is 0. The van der Waals surface area contributed by atoms with Gasteiger partial charge in [0, 0.05) is 0 Å². The Bertz CT molecular complexity index is 218. The molecule has 0 aromatic heterocycles. The maximum absolute atomic E-state index is 3.76. The number of allylic oxidation sites excluding steroid dienone is 3. The van der Waals surface area contributed by atoms with E-state index in [0.29, 0.717) is 0 Å². The van der Waals surface area contributed by atoms with Crippen molar-refractivity contribution in [3.8, 4) is 0 Å². The maximum Gasteiger partial charge on any atom is -0.0283 e. The van der Waals surface area contributed by atoms with E-state index in [2.05, 4.69) is 12.7 Å². The molecular weight excluding hydrogens is 216 g/mol. The van der Waals surface area contributed by atoms with Gasteiger partial charge in [0.25, 0.3) is 0 Å². The molecule has 0 saturated heterocycles. The predicted octanol–water partition coefficient (Wildman–Crippen LogP) is 6.57. The van der Waals surface area contributed by atoms with Crippen LogP contribution >= 0.6 is 0 Å². The molecule has 0 spiro atoms. The second kappa shape index (κ2) is 11.6. The predicted molar refractivity (Wildman–Crippen MR) is 82.9 cm³/mol. The molecule has 0 bridgehead atoms. The summed E-state index contributed by atoms with van der Waals surface area (Å²) in [5.41, 5.74) is 1.71. The van der Waals surface area contributed by atoms with Gasteiger partial charge < -0.3 is 0 Å². The molecule has 0 unspecified atom stereocenters. The fraction of sp³-hybridized carbons (Fsp3) is 0.778. The molecule has 1 fully saturated rings. The number of hydrogen-bond donors (Lipinski definition) is 0. The summed E-state index contributed by atoms with van der Waals surface area (Å²) in [6, 6.07) is 0. The maximum atomic E-state index is 3.76. The van der Waals surface area contributed by atoms with Gasteiger partial charge in [0.15, 0.2) is 0 Å². The Morgan fingerprint density at radius 1 is 0.667 bits per heavy atom. The summed E-state index contributed by atoms with van der Waals surface area (Å²) in [6.07, 6.45) is 24.2. The van der Waals surface area contributed by atoms with Crippen LogP contribution in [-0.2, 0) is 0 Å². The number of unbranched alkanes of at least 4 members (excludes halogenated alkanes) is 11. The summed E-state index contributed by atoms with van der Waals surface area (Å²) >= 11 is 0. The zero-order valence-electron chi connectivity index (χ0n) is 12.3. The summed E-state index contributed by atoms with van der Waals surface area (Å²) in [7, 11) is 0. The molecule has 0 N–H and O–H groups in total. The molecule has 0 radical (unpaired) electrons. The highest BCUT2D eigenvalue weighted by Crippen LogP contribution is 2.28. The van der Waals surface area contributed by atoms with Crippen LogP contribution < -0.4 is 0 Å². The third-order valence-electron chi connectivity index (χ3n) is 3.83. The van der Waals surface area contributed by atoms with Crippen molar-refractivity contribution in [2.75, 3.05) is 0 Å². The smallest absolute Gasteiger partial charge is 0.0283 e. The monoisotopic (exact) mass is 248 g/mol. The SMILES string of the molecule is C=CCCCCCCCCCCCCC=C1CC1. The minimum atomic E-state index is 1.20. The largest absolute Gasteiger partial charge is 0.103 e. The summed E-state index contributed by atoms with van der Waals surface area (Å²) in [4.78, 5) is 0. The van der Waals surface area contributed by atoms with Gasteiger partial charge in [0.05, 0.1) is 0 Å². The quantitative estimate of drug-likeness (QED) is 0.255. The highest BCUT2D eigenvalue weighted by atomic mass is 14.1. The van der Waals surface area contributed by atoms with Gasteiger partial charge in [-0.1, -0.05) is 69.1 Å². The Hall–Kier alpha value is -0.520. The van der Waals surface area contributed by atoms with Crippen molar-refractivity contribution in [1.82, 2.24) is 0 Å². The minimum absolute atomic E-state index is 1.20. The zero-order chi connectivity index (χ0) is 12.9. The number of rotatable bonds is 13. The molecule has 0 aliphatic heterocycles. The van der Waals surface area contributed by atoms with Gasteiger partial charge in [-0.05, 0) is 38.5 Å². The second-order valence-electron chi connectivity index (χ2n) is 5.76. The average Bonchev–Trinajstić information content (AvgIpc) is 3.19. The highest BCUT2D eigenvalue weighted by molar-refractivity contribution is 5.15. The Kier molecular flexibility index (Phi) is 9.98. The molecule has 1 saturated carbocycles. The van der Waals surface area contributed by atoms with Gasteiger partial charge in [0.1, 0.15) is 0 Å². The lowest BCUT2D eigenvalue weighted by molar-refractivity contribution is 0.553. The van der Waals surface area contributed by atoms with E-state index in [-0.39, 0.29) is 0 Å². The van der Waals surface area contributed by atoms with Crippen LogP contribution in [0.4, 0.5) is 0 Å². The third-order valence-corrected chi connectivity index (χ3v) is 3.83. The van der Waals surface area contributed by atoms with Crippen molar-refractivity contribution < 1.29 is 0 Å². The lowest BCUT2D eigenvalue weighted by atomic mass is 10.1. The van der Waals surface area contributed by atoms with E-state index >= 15 is 0 Å². The van der Waals surface area contributed by atoms with E-state index in [1.807, 2.05) is 6.08 Å². The molecule has 1 rings (SSSR count). The molecule has 0 nitrogen and oxygen atoms in total. The van der Waals surface area contributed by atoms with Crippen molar-refractivity contribution in [2.45, 2.75) is 89.9 Å². The van der Waals surface area contributed by atoms with Gasteiger partial charge in [-0.2, -0.15) is 0 Å². The molecule has 0 heterocycles. The molecule has 1 aliphatic carbocycles. The van der Waals surface area contributed by atoms with Gasteiger partial charge in [-0.15, -0.1) is 6.58 Å². The molecule has 0 heteroatoms. The molecule has 0 atom stereocenters. The van der Waals surface area contributed by atoms with E-state index in [0.717, 1.165) is 0 Å². The van der Waals surface area contributed by atoms with Crippen LogP contribution in [0.3, 0.4) is 0 Å². The summed E-state index contributed by atoms with van der Waals surface area (Å²) < 4.78 is 0. The first kappa shape index (κ1) is 15.5. The standard InChI is InChI=1S/C18H32/c1-2-3-4-5-6-7-8-9-10-11-12-13-14-15-18-16-17-18/h2,15H,1,3-14,16-17H2. The van der Waals surface area contributed by atoms with Crippen LogP contribution in [0.2, 0.25) is 0 Å². The molecule has 104 valence electrons. The van der Waals surface area contributed by atoms with Gasteiger partial charge >= 0.3 is 0 Å². The summed E-state index contributed by atoms with van der Waals surface area (Å²) in [6.45, 7) is 3.76. The zero-order valence-corrected chi connectivity index (χ0v) is 12.3. The van der Waals surface area contributed by atoms with Crippen LogP contribution in [0.25, 0.3) is 0 Å². The topological polar surface area (TPSA) is 0 Å². The lowest BCUT2D eigenvalue weighted by Gasteiger charge is -2.01. The molecule has 18 heavy (non-hydrogen) atoms. The van der Waals surface area contributed by atoms with Crippen molar-refractivity contribution in [2.24, 2.45) is 0 Å². The Labute approximate surface area is 115 Å². The van der Waals surface area contributed by atoms with Gasteiger partial charge in [-0.25, -0.2) is 0 Å². The van der Waals surface area contributed by atoms with Crippen LogP contribution in [0.5, 0.6) is 0 Å². The first-order valence-electron chi connectivity index (χ1n) is 8.22. The van der Waals surface area contributed by atoms with Gasteiger partial charge in [-0.3, -0.25) is 0 Å². The van der Waals surface area contributed by atoms with Crippen molar-refractivity contribution >= 4 is 0 Å². The van der Waals surface area contributed by atoms with E-state index in [1.54, 1.807) is 5.57 Å². The first-order valence-corrected chi connectivity index (χ1v) is 8.22. The Morgan fingerprint density at radius 3 is 1.56 bits per heavy atom. The summed E-state index contributed by atoms with van der Waals surface area (Å²) in [5, 5.41) is 0. The average molecular weight is 248 g/mol. The van der Waals surface area contributed by atoms with Crippen molar-refractivity contribution in [3.63, 3.8) is 0 Å². The first-order chi connectivity index (χ1) is 8.93. The van der Waals surface area contributed by atoms with Crippen molar-refractivity contribution in [1.29, 1.82) is 0 Å². The fourth-order valence-corrected chi connectivity index (χ4v) is 2.43. The molecular formula is C18H32. The minimum Gasteiger partial charge on any atom is -0.103 e. The van der Waals surface area contributed by atoms with E-state index in [4.69, 9.17) is 0 Å².